The summed E-state index contributed by atoms with van der Waals surface area (Å²) < 4.78 is 6.17. The fraction of sp³-hybridized carbons (Fsp3) is 0.500. The van der Waals surface area contributed by atoms with Crippen molar-refractivity contribution >= 4 is 33.8 Å². The molecule has 0 amide bonds. The fourth-order valence-electron chi connectivity index (χ4n) is 2.48. The molecule has 2 rings (SSSR count). The molecule has 5 nitrogen and oxygen atoms in total. The van der Waals surface area contributed by atoms with Crippen molar-refractivity contribution in [2.45, 2.75) is 33.1 Å². The first-order chi connectivity index (χ1) is 11.3. The van der Waals surface area contributed by atoms with Crippen LogP contribution in [0.15, 0.2) is 28.5 Å². The summed E-state index contributed by atoms with van der Waals surface area (Å²) in [5.41, 5.74) is 0.0546. The minimum Gasteiger partial charge on any atom is -0.478 e. The molecular weight excluding hydrogens is 374 g/mol. The molecule has 1 fully saturated rings. The van der Waals surface area contributed by atoms with Crippen molar-refractivity contribution < 1.29 is 19.4 Å². The Morgan fingerprint density at radius 3 is 2.71 bits per heavy atom. The van der Waals surface area contributed by atoms with Crippen LogP contribution in [-0.2, 0) is 14.3 Å². The Morgan fingerprint density at radius 1 is 1.42 bits per heavy atom. The van der Waals surface area contributed by atoms with Crippen LogP contribution < -0.4 is 0 Å². The Kier molecular flexibility index (Phi) is 6.29. The van der Waals surface area contributed by atoms with Gasteiger partial charge in [-0.3, -0.25) is 9.78 Å². The molecule has 6 heteroatoms. The number of carbonyl (C=O) groups excluding carboxylic acids is 1. The largest absolute Gasteiger partial charge is 0.478 e. The lowest BCUT2D eigenvalue weighted by Crippen LogP contribution is -2.26. The summed E-state index contributed by atoms with van der Waals surface area (Å²) in [5, 5.41) is 9.57. The Hall–Kier alpha value is -1.53. The summed E-state index contributed by atoms with van der Waals surface area (Å²) in [6.07, 6.45) is 7.25. The molecule has 130 valence electrons. The average molecular weight is 396 g/mol. The molecular formula is C18H22BrNO4. The summed E-state index contributed by atoms with van der Waals surface area (Å²) in [7, 11) is 0. The van der Waals surface area contributed by atoms with Gasteiger partial charge in [0.15, 0.2) is 5.78 Å². The van der Waals surface area contributed by atoms with E-state index in [1.54, 1.807) is 38.4 Å². The summed E-state index contributed by atoms with van der Waals surface area (Å²) in [5.74, 6) is -0.517. The maximum absolute atomic E-state index is 12.1. The Morgan fingerprint density at radius 2 is 2.12 bits per heavy atom. The van der Waals surface area contributed by atoms with Gasteiger partial charge in [0.25, 0.3) is 0 Å². The van der Waals surface area contributed by atoms with E-state index in [-0.39, 0.29) is 24.4 Å². The number of aliphatic carboxylic acids is 1. The number of ketones is 1. The highest BCUT2D eigenvalue weighted by Crippen LogP contribution is 2.33. The number of pyridine rings is 1. The minimum atomic E-state index is -1.04. The average Bonchev–Trinajstić information content (AvgIpc) is 3.28. The lowest BCUT2D eigenvalue weighted by atomic mass is 9.79. The van der Waals surface area contributed by atoms with Crippen LogP contribution in [0.2, 0.25) is 0 Å². The van der Waals surface area contributed by atoms with Crippen LogP contribution in [-0.4, -0.2) is 35.1 Å². The molecule has 0 spiro atoms. The molecule has 1 aromatic rings. The van der Waals surface area contributed by atoms with Crippen molar-refractivity contribution in [1.29, 1.82) is 0 Å². The second kappa shape index (κ2) is 8.03. The molecule has 0 aromatic carbocycles. The number of rotatable bonds is 9. The molecule has 1 aromatic heterocycles. The molecule has 0 aliphatic heterocycles. The molecule has 1 aliphatic rings. The van der Waals surface area contributed by atoms with Crippen molar-refractivity contribution in [3.05, 3.63) is 34.1 Å². The van der Waals surface area contributed by atoms with Crippen LogP contribution in [0.5, 0.6) is 0 Å². The lowest BCUT2D eigenvalue weighted by molar-refractivity contribution is -0.134. The molecule has 1 saturated carbocycles. The molecule has 0 bridgehead atoms. The smallest absolute Gasteiger partial charge is 0.332 e. The van der Waals surface area contributed by atoms with Crippen LogP contribution in [0.1, 0.15) is 38.7 Å². The third-order valence-electron chi connectivity index (χ3n) is 3.95. The minimum absolute atomic E-state index is 0.0469. The Labute approximate surface area is 150 Å². The van der Waals surface area contributed by atoms with E-state index in [0.717, 1.165) is 4.47 Å². The summed E-state index contributed by atoms with van der Waals surface area (Å²) in [4.78, 5) is 27.8. The maximum Gasteiger partial charge on any atom is 0.332 e. The first-order valence-corrected chi connectivity index (χ1v) is 8.73. The molecule has 0 radical (unpaired) electrons. The van der Waals surface area contributed by atoms with Crippen molar-refractivity contribution in [3.63, 3.8) is 0 Å². The standard InChI is InChI=1S/C18H22BrNO4/c1-18(2,7-15(21)11-24-10-12-3-4-12)16(17(22)23)6-13-5-14(19)9-20-8-13/h5-6,8-9,12H,3-4,7,10-11H2,1-2H3,(H,22,23). The molecule has 0 unspecified atom stereocenters. The van der Waals surface area contributed by atoms with Gasteiger partial charge in [-0.1, -0.05) is 13.8 Å². The Balaban J connectivity index is 2.06. The van der Waals surface area contributed by atoms with Crippen LogP contribution in [0.25, 0.3) is 6.08 Å². The zero-order valence-electron chi connectivity index (χ0n) is 13.9. The highest BCUT2D eigenvalue weighted by Gasteiger charge is 2.31. The third kappa shape index (κ3) is 5.83. The van der Waals surface area contributed by atoms with Crippen LogP contribution in [0.3, 0.4) is 0 Å². The van der Waals surface area contributed by atoms with E-state index in [1.165, 1.54) is 12.8 Å². The second-order valence-corrected chi connectivity index (χ2v) is 7.77. The molecule has 24 heavy (non-hydrogen) atoms. The summed E-state index contributed by atoms with van der Waals surface area (Å²) >= 11 is 3.32. The number of carboxylic acid groups (broad SMARTS) is 1. The van der Waals surface area contributed by atoms with Crippen LogP contribution in [0.4, 0.5) is 0 Å². The number of ether oxygens (including phenoxy) is 1. The zero-order valence-corrected chi connectivity index (χ0v) is 15.5. The quantitative estimate of drug-likeness (QED) is 0.644. The molecule has 0 atom stereocenters. The summed E-state index contributed by atoms with van der Waals surface area (Å²) in [6.45, 7) is 4.19. The number of halogens is 1. The van der Waals surface area contributed by atoms with Gasteiger partial charge in [0.05, 0.1) is 0 Å². The maximum atomic E-state index is 12.1. The molecule has 1 N–H and O–H groups in total. The highest BCUT2D eigenvalue weighted by atomic mass is 79.9. The third-order valence-corrected chi connectivity index (χ3v) is 4.38. The van der Waals surface area contributed by atoms with E-state index in [1.807, 2.05) is 0 Å². The van der Waals surface area contributed by atoms with Crippen molar-refractivity contribution in [2.75, 3.05) is 13.2 Å². The van der Waals surface area contributed by atoms with Crippen molar-refractivity contribution in [1.82, 2.24) is 4.98 Å². The normalized spacial score (nSPS) is 15.4. The van der Waals surface area contributed by atoms with Gasteiger partial charge in [-0.25, -0.2) is 4.79 Å². The number of Topliss-reactive ketones (excluding diaryl/α,β-unsaturated/α-hetero) is 1. The predicted molar refractivity (Wildman–Crippen MR) is 94.5 cm³/mol. The molecule has 1 aliphatic carbocycles. The van der Waals surface area contributed by atoms with Gasteiger partial charge in [-0.05, 0) is 52.4 Å². The first-order valence-electron chi connectivity index (χ1n) is 7.93. The summed E-state index contributed by atoms with van der Waals surface area (Å²) in [6, 6.07) is 1.78. The van der Waals surface area contributed by atoms with Gasteiger partial charge >= 0.3 is 5.97 Å². The zero-order chi connectivity index (χ0) is 17.7. The van der Waals surface area contributed by atoms with Crippen LogP contribution >= 0.6 is 15.9 Å². The molecule has 0 saturated heterocycles. The van der Waals surface area contributed by atoms with Gasteiger partial charge < -0.3 is 9.84 Å². The SMILES string of the molecule is CC(C)(CC(=O)COCC1CC1)C(=Cc1cncc(Br)c1)C(=O)O. The number of nitrogens with zero attached hydrogens (tertiary/aromatic N) is 1. The van der Waals surface area contributed by atoms with Gasteiger partial charge in [0, 0.05) is 40.9 Å². The fourth-order valence-corrected chi connectivity index (χ4v) is 2.87. The van der Waals surface area contributed by atoms with Gasteiger partial charge in [-0.15, -0.1) is 0 Å². The van der Waals surface area contributed by atoms with E-state index < -0.39 is 11.4 Å². The van der Waals surface area contributed by atoms with Gasteiger partial charge in [0.1, 0.15) is 6.61 Å². The van der Waals surface area contributed by atoms with E-state index in [9.17, 15) is 14.7 Å². The van der Waals surface area contributed by atoms with E-state index in [0.29, 0.717) is 18.1 Å². The first kappa shape index (κ1) is 18.8. The lowest BCUT2D eigenvalue weighted by Gasteiger charge is -2.25. The highest BCUT2D eigenvalue weighted by molar-refractivity contribution is 9.10. The number of carboxylic acids is 1. The second-order valence-electron chi connectivity index (χ2n) is 6.86. The van der Waals surface area contributed by atoms with Gasteiger partial charge in [0.2, 0.25) is 0 Å². The monoisotopic (exact) mass is 395 g/mol. The van der Waals surface area contributed by atoms with E-state index >= 15 is 0 Å². The van der Waals surface area contributed by atoms with E-state index in [2.05, 4.69) is 20.9 Å². The topological polar surface area (TPSA) is 76.5 Å². The number of carbonyl (C=O) groups is 2. The number of aromatic nitrogens is 1. The Bertz CT molecular complexity index is 650. The van der Waals surface area contributed by atoms with Crippen LogP contribution in [0, 0.1) is 11.3 Å². The van der Waals surface area contributed by atoms with Crippen molar-refractivity contribution in [3.8, 4) is 0 Å². The number of hydrogen-bond donors (Lipinski definition) is 1. The number of hydrogen-bond acceptors (Lipinski definition) is 4. The van der Waals surface area contributed by atoms with Gasteiger partial charge in [-0.2, -0.15) is 0 Å². The molecule has 1 heterocycles. The van der Waals surface area contributed by atoms with Crippen molar-refractivity contribution in [2.24, 2.45) is 11.3 Å². The van der Waals surface area contributed by atoms with E-state index in [4.69, 9.17) is 4.74 Å². The predicted octanol–water partition coefficient (Wildman–Crippen LogP) is 3.72.